The lowest BCUT2D eigenvalue weighted by Crippen LogP contribution is -1.97. The van der Waals surface area contributed by atoms with Crippen molar-refractivity contribution in [3.05, 3.63) is 76.3 Å². The molecule has 0 saturated carbocycles. The van der Waals surface area contributed by atoms with Crippen molar-refractivity contribution in [3.63, 3.8) is 0 Å². The zero-order chi connectivity index (χ0) is 24.2. The van der Waals surface area contributed by atoms with Crippen molar-refractivity contribution in [2.45, 2.75) is 78.1 Å². The highest BCUT2D eigenvalue weighted by Gasteiger charge is 2.13. The molecular formula is C31H38Cl2O. The van der Waals surface area contributed by atoms with Gasteiger partial charge in [-0.15, -0.1) is 0 Å². The molecule has 0 amide bonds. The monoisotopic (exact) mass is 496 g/mol. The number of unbranched alkanes of at least 4 members (excludes halogenated alkanes) is 7. The Morgan fingerprint density at radius 2 is 1.06 bits per heavy atom. The molecule has 3 heteroatoms. The molecule has 0 heterocycles. The fourth-order valence-electron chi connectivity index (χ4n) is 4.23. The van der Waals surface area contributed by atoms with Crippen molar-refractivity contribution < 1.29 is 4.74 Å². The maximum absolute atomic E-state index is 6.73. The molecule has 3 aromatic rings. The van der Waals surface area contributed by atoms with Crippen LogP contribution in [0.2, 0.25) is 10.0 Å². The summed E-state index contributed by atoms with van der Waals surface area (Å²) in [6, 6.07) is 21.0. The van der Waals surface area contributed by atoms with Crippen LogP contribution in [-0.4, -0.2) is 6.61 Å². The highest BCUT2D eigenvalue weighted by molar-refractivity contribution is 6.45. The number of hydrogen-bond donors (Lipinski definition) is 0. The summed E-state index contributed by atoms with van der Waals surface area (Å²) >= 11 is 13.5. The third-order valence-corrected chi connectivity index (χ3v) is 7.23. The van der Waals surface area contributed by atoms with Gasteiger partial charge in [0, 0.05) is 11.1 Å². The lowest BCUT2D eigenvalue weighted by atomic mass is 9.98. The van der Waals surface area contributed by atoms with Gasteiger partial charge in [0.15, 0.2) is 0 Å². The number of aryl methyl sites for hydroxylation is 1. The Bertz CT molecular complexity index is 993. The summed E-state index contributed by atoms with van der Waals surface area (Å²) < 4.78 is 5.92. The molecule has 0 radical (unpaired) electrons. The van der Waals surface area contributed by atoms with Crippen molar-refractivity contribution >= 4 is 23.2 Å². The molecule has 1 nitrogen and oxygen atoms in total. The number of benzene rings is 3. The Hall–Kier alpha value is -1.96. The second-order valence-electron chi connectivity index (χ2n) is 9.08. The summed E-state index contributed by atoms with van der Waals surface area (Å²) in [5.41, 5.74) is 5.41. The molecule has 0 aliphatic carbocycles. The molecule has 34 heavy (non-hydrogen) atoms. The van der Waals surface area contributed by atoms with Crippen LogP contribution in [0.5, 0.6) is 5.75 Å². The molecule has 0 aromatic heterocycles. The van der Waals surface area contributed by atoms with Crippen LogP contribution in [0.25, 0.3) is 22.3 Å². The van der Waals surface area contributed by atoms with Crippen LogP contribution >= 0.6 is 23.2 Å². The van der Waals surface area contributed by atoms with Crippen LogP contribution in [0.3, 0.4) is 0 Å². The van der Waals surface area contributed by atoms with Crippen molar-refractivity contribution in [1.82, 2.24) is 0 Å². The summed E-state index contributed by atoms with van der Waals surface area (Å²) in [4.78, 5) is 0. The number of halogens is 2. The van der Waals surface area contributed by atoms with Gasteiger partial charge in [0.05, 0.1) is 16.7 Å². The minimum absolute atomic E-state index is 0.590. The van der Waals surface area contributed by atoms with Crippen LogP contribution in [-0.2, 0) is 6.42 Å². The highest BCUT2D eigenvalue weighted by Crippen LogP contribution is 2.40. The zero-order valence-electron chi connectivity index (χ0n) is 20.7. The quantitative estimate of drug-likeness (QED) is 0.201. The highest BCUT2D eigenvalue weighted by atomic mass is 35.5. The van der Waals surface area contributed by atoms with Crippen molar-refractivity contribution in [2.24, 2.45) is 0 Å². The third-order valence-electron chi connectivity index (χ3n) is 6.35. The molecule has 0 N–H and O–H groups in total. The Morgan fingerprint density at radius 1 is 0.559 bits per heavy atom. The molecule has 0 bridgehead atoms. The summed E-state index contributed by atoms with van der Waals surface area (Å²) in [6.45, 7) is 5.25. The standard InChI is InChI=1S/C31H38Cl2O/c1-3-5-7-8-9-11-23-34-27-19-17-26(18-20-27)29-22-21-28(30(32)31(29)33)25-15-13-24(14-16-25)12-10-6-4-2/h13-22H,3-12,23H2,1-2H3. The van der Waals surface area contributed by atoms with Crippen molar-refractivity contribution in [2.75, 3.05) is 6.61 Å². The molecule has 0 spiro atoms. The van der Waals surface area contributed by atoms with Crippen molar-refractivity contribution in [1.29, 1.82) is 0 Å². The molecule has 0 fully saturated rings. The first kappa shape index (κ1) is 26.6. The predicted molar refractivity (Wildman–Crippen MR) is 149 cm³/mol. The molecule has 3 rings (SSSR count). The largest absolute Gasteiger partial charge is 0.494 e. The van der Waals surface area contributed by atoms with Gasteiger partial charge in [0.25, 0.3) is 0 Å². The van der Waals surface area contributed by atoms with E-state index in [1.807, 2.05) is 12.1 Å². The van der Waals surface area contributed by atoms with E-state index < -0.39 is 0 Å². The van der Waals surface area contributed by atoms with E-state index in [0.717, 1.165) is 47.5 Å². The Kier molecular flexibility index (Phi) is 11.3. The molecule has 182 valence electrons. The Labute approximate surface area is 216 Å². The Balaban J connectivity index is 1.61. The van der Waals surface area contributed by atoms with Crippen LogP contribution < -0.4 is 4.74 Å². The van der Waals surface area contributed by atoms with Gasteiger partial charge in [-0.25, -0.2) is 0 Å². The van der Waals surface area contributed by atoms with Crippen LogP contribution in [0.4, 0.5) is 0 Å². The molecular weight excluding hydrogens is 459 g/mol. The van der Waals surface area contributed by atoms with E-state index in [-0.39, 0.29) is 0 Å². The van der Waals surface area contributed by atoms with E-state index in [1.165, 1.54) is 56.9 Å². The van der Waals surface area contributed by atoms with Gasteiger partial charge < -0.3 is 4.74 Å². The number of ether oxygens (including phenoxy) is 1. The molecule has 3 aromatic carbocycles. The maximum Gasteiger partial charge on any atom is 0.119 e. The Morgan fingerprint density at radius 3 is 1.65 bits per heavy atom. The lowest BCUT2D eigenvalue weighted by Gasteiger charge is -2.13. The van der Waals surface area contributed by atoms with Gasteiger partial charge in [-0.05, 0) is 48.1 Å². The SMILES string of the molecule is CCCCCCCCOc1ccc(-c2ccc(-c3ccc(CCCCC)cc3)c(Cl)c2Cl)cc1. The van der Waals surface area contributed by atoms with Gasteiger partial charge in [0.2, 0.25) is 0 Å². The van der Waals surface area contributed by atoms with Gasteiger partial charge in [-0.1, -0.05) is 131 Å². The molecule has 0 aliphatic rings. The van der Waals surface area contributed by atoms with Gasteiger partial charge in [-0.2, -0.15) is 0 Å². The molecule has 0 saturated heterocycles. The lowest BCUT2D eigenvalue weighted by molar-refractivity contribution is 0.304. The first-order valence-electron chi connectivity index (χ1n) is 12.9. The second kappa shape index (κ2) is 14.4. The van der Waals surface area contributed by atoms with E-state index in [0.29, 0.717) is 10.0 Å². The average molecular weight is 498 g/mol. The van der Waals surface area contributed by atoms with E-state index in [4.69, 9.17) is 27.9 Å². The second-order valence-corrected chi connectivity index (χ2v) is 9.84. The van der Waals surface area contributed by atoms with Crippen molar-refractivity contribution in [3.8, 4) is 28.0 Å². The van der Waals surface area contributed by atoms with E-state index >= 15 is 0 Å². The number of rotatable bonds is 14. The van der Waals surface area contributed by atoms with Crippen LogP contribution in [0.15, 0.2) is 60.7 Å². The van der Waals surface area contributed by atoms with Gasteiger partial charge in [0.1, 0.15) is 5.75 Å². The van der Waals surface area contributed by atoms with Crippen LogP contribution in [0, 0.1) is 0 Å². The molecule has 0 aliphatic heterocycles. The normalized spacial score (nSPS) is 11.1. The van der Waals surface area contributed by atoms with E-state index in [2.05, 4.69) is 62.4 Å². The summed E-state index contributed by atoms with van der Waals surface area (Å²) in [6.07, 6.45) is 12.5. The third kappa shape index (κ3) is 7.79. The predicted octanol–water partition coefficient (Wildman–Crippen LogP) is 10.8. The first-order valence-corrected chi connectivity index (χ1v) is 13.7. The van der Waals surface area contributed by atoms with Gasteiger partial charge >= 0.3 is 0 Å². The van der Waals surface area contributed by atoms with E-state index in [1.54, 1.807) is 0 Å². The average Bonchev–Trinajstić information content (AvgIpc) is 2.86. The smallest absolute Gasteiger partial charge is 0.119 e. The van der Waals surface area contributed by atoms with Gasteiger partial charge in [-0.3, -0.25) is 0 Å². The summed E-state index contributed by atoms with van der Waals surface area (Å²) in [5.74, 6) is 0.898. The minimum atomic E-state index is 0.590. The number of hydrogen-bond acceptors (Lipinski definition) is 1. The maximum atomic E-state index is 6.73. The molecule has 0 unspecified atom stereocenters. The summed E-state index contributed by atoms with van der Waals surface area (Å²) in [5, 5.41) is 1.19. The van der Waals surface area contributed by atoms with E-state index in [9.17, 15) is 0 Å². The first-order chi connectivity index (χ1) is 16.6. The fraction of sp³-hybridized carbons (Fsp3) is 0.419. The topological polar surface area (TPSA) is 9.23 Å². The molecule has 0 atom stereocenters. The van der Waals surface area contributed by atoms with Crippen LogP contribution in [0.1, 0.15) is 77.2 Å². The minimum Gasteiger partial charge on any atom is -0.494 e. The fourth-order valence-corrected chi connectivity index (χ4v) is 4.78. The zero-order valence-corrected chi connectivity index (χ0v) is 22.2. The summed E-state index contributed by atoms with van der Waals surface area (Å²) in [7, 11) is 0.